The molecular formula is C15H12F4N2. The largest absolute Gasteiger partial charge is 0.416 e. The Labute approximate surface area is 118 Å². The normalized spacial score (nSPS) is 14.5. The van der Waals surface area contributed by atoms with E-state index in [4.69, 9.17) is 0 Å². The van der Waals surface area contributed by atoms with Crippen molar-refractivity contribution in [2.75, 3.05) is 11.9 Å². The second kappa shape index (κ2) is 5.02. The first-order valence-electron chi connectivity index (χ1n) is 6.54. The van der Waals surface area contributed by atoms with Crippen molar-refractivity contribution >= 4 is 5.69 Å². The maximum Gasteiger partial charge on any atom is 0.416 e. The van der Waals surface area contributed by atoms with Crippen molar-refractivity contribution < 1.29 is 17.6 Å². The number of hydrogen-bond acceptors (Lipinski definition) is 2. The summed E-state index contributed by atoms with van der Waals surface area (Å²) in [6.07, 6.45) is 0.250. The van der Waals surface area contributed by atoms with E-state index in [1.54, 1.807) is 6.20 Å². The highest BCUT2D eigenvalue weighted by Crippen LogP contribution is 2.36. The third-order valence-electron chi connectivity index (χ3n) is 3.56. The molecule has 1 aromatic carbocycles. The van der Waals surface area contributed by atoms with Gasteiger partial charge in [0.1, 0.15) is 5.82 Å². The number of benzene rings is 1. The molecule has 0 saturated carbocycles. The lowest BCUT2D eigenvalue weighted by molar-refractivity contribution is -0.137. The van der Waals surface area contributed by atoms with Gasteiger partial charge in [-0.25, -0.2) is 4.39 Å². The van der Waals surface area contributed by atoms with Crippen LogP contribution in [0.1, 0.15) is 17.5 Å². The molecule has 3 rings (SSSR count). The second-order valence-corrected chi connectivity index (χ2v) is 4.94. The van der Waals surface area contributed by atoms with E-state index >= 15 is 0 Å². The fourth-order valence-corrected chi connectivity index (χ4v) is 2.54. The zero-order valence-corrected chi connectivity index (χ0v) is 11.0. The highest BCUT2D eigenvalue weighted by Gasteiger charge is 2.31. The molecule has 0 radical (unpaired) electrons. The van der Waals surface area contributed by atoms with E-state index in [2.05, 4.69) is 10.3 Å². The minimum atomic E-state index is -4.55. The van der Waals surface area contributed by atoms with Crippen LogP contribution < -0.4 is 5.32 Å². The topological polar surface area (TPSA) is 24.9 Å². The van der Waals surface area contributed by atoms with Crippen molar-refractivity contribution in [2.24, 2.45) is 0 Å². The van der Waals surface area contributed by atoms with E-state index in [9.17, 15) is 17.6 Å². The lowest BCUT2D eigenvalue weighted by Gasteiger charge is -2.21. The quantitative estimate of drug-likeness (QED) is 0.795. The van der Waals surface area contributed by atoms with Gasteiger partial charge in [0.2, 0.25) is 0 Å². The van der Waals surface area contributed by atoms with Crippen LogP contribution in [0.4, 0.5) is 23.2 Å². The van der Waals surface area contributed by atoms with E-state index in [-0.39, 0.29) is 5.56 Å². The van der Waals surface area contributed by atoms with Crippen LogP contribution in [0, 0.1) is 5.82 Å². The molecule has 1 aliphatic heterocycles. The molecule has 6 heteroatoms. The van der Waals surface area contributed by atoms with Crippen LogP contribution in [0.5, 0.6) is 0 Å². The number of anilines is 1. The molecule has 0 bridgehead atoms. The summed E-state index contributed by atoms with van der Waals surface area (Å²) in [4.78, 5) is 4.04. The molecule has 0 fully saturated rings. The molecule has 1 aliphatic rings. The average Bonchev–Trinajstić information content (AvgIpc) is 2.46. The van der Waals surface area contributed by atoms with Crippen LogP contribution >= 0.6 is 0 Å². The number of nitrogens with one attached hydrogen (secondary N) is 1. The molecule has 0 amide bonds. The molecule has 0 spiro atoms. The van der Waals surface area contributed by atoms with Gasteiger partial charge in [0.05, 0.1) is 17.4 Å². The molecule has 0 aliphatic carbocycles. The molecule has 0 atom stereocenters. The maximum absolute atomic E-state index is 14.1. The van der Waals surface area contributed by atoms with Gasteiger partial charge in [0.15, 0.2) is 0 Å². The number of pyridine rings is 1. The molecule has 2 nitrogen and oxygen atoms in total. The Morgan fingerprint density at radius 2 is 1.90 bits per heavy atom. The minimum absolute atomic E-state index is 0.149. The number of alkyl halides is 3. The Morgan fingerprint density at radius 3 is 2.62 bits per heavy atom. The van der Waals surface area contributed by atoms with Gasteiger partial charge in [-0.3, -0.25) is 4.98 Å². The van der Waals surface area contributed by atoms with Crippen molar-refractivity contribution in [1.82, 2.24) is 4.98 Å². The predicted octanol–water partition coefficient (Wildman–Crippen LogP) is 4.26. The summed E-state index contributed by atoms with van der Waals surface area (Å²) in [6, 6.07) is 2.60. The van der Waals surface area contributed by atoms with Crippen LogP contribution in [-0.4, -0.2) is 11.5 Å². The number of aromatic nitrogens is 1. The zero-order chi connectivity index (χ0) is 15.0. The van der Waals surface area contributed by atoms with Crippen molar-refractivity contribution in [2.45, 2.75) is 19.0 Å². The number of nitrogens with zero attached hydrogens (tertiary/aromatic N) is 1. The Bertz CT molecular complexity index is 680. The van der Waals surface area contributed by atoms with E-state index in [0.717, 1.165) is 36.7 Å². The molecule has 110 valence electrons. The Morgan fingerprint density at radius 1 is 1.10 bits per heavy atom. The molecule has 2 aromatic rings. The van der Waals surface area contributed by atoms with Gasteiger partial charge in [-0.2, -0.15) is 13.2 Å². The van der Waals surface area contributed by atoms with Gasteiger partial charge >= 0.3 is 6.18 Å². The molecule has 0 saturated heterocycles. The van der Waals surface area contributed by atoms with Crippen LogP contribution in [0.15, 0.2) is 30.6 Å². The highest BCUT2D eigenvalue weighted by molar-refractivity contribution is 5.74. The van der Waals surface area contributed by atoms with Gasteiger partial charge < -0.3 is 5.32 Å². The van der Waals surface area contributed by atoms with Crippen molar-refractivity contribution in [3.63, 3.8) is 0 Å². The molecule has 1 aromatic heterocycles. The molecule has 0 unspecified atom stereocenters. The zero-order valence-electron chi connectivity index (χ0n) is 11.0. The lowest BCUT2D eigenvalue weighted by atomic mass is 9.94. The Hall–Kier alpha value is -2.11. The van der Waals surface area contributed by atoms with Gasteiger partial charge in [-0.15, -0.1) is 0 Å². The van der Waals surface area contributed by atoms with Crippen molar-refractivity contribution in [3.05, 3.63) is 47.5 Å². The highest BCUT2D eigenvalue weighted by atomic mass is 19.4. The third-order valence-corrected chi connectivity index (χ3v) is 3.56. The van der Waals surface area contributed by atoms with Crippen molar-refractivity contribution in [3.8, 4) is 11.1 Å². The lowest BCUT2D eigenvalue weighted by Crippen LogP contribution is -2.13. The first-order valence-corrected chi connectivity index (χ1v) is 6.54. The van der Waals surface area contributed by atoms with Crippen molar-refractivity contribution in [1.29, 1.82) is 0 Å². The first kappa shape index (κ1) is 13.9. The summed E-state index contributed by atoms with van der Waals surface area (Å²) in [6.45, 7) is 0.813. The Kier molecular flexibility index (Phi) is 3.31. The third kappa shape index (κ3) is 2.57. The van der Waals surface area contributed by atoms with Gasteiger partial charge in [0, 0.05) is 23.9 Å². The summed E-state index contributed by atoms with van der Waals surface area (Å²) < 4.78 is 51.8. The average molecular weight is 296 g/mol. The van der Waals surface area contributed by atoms with E-state index in [1.807, 2.05) is 0 Å². The first-order chi connectivity index (χ1) is 9.97. The summed E-state index contributed by atoms with van der Waals surface area (Å²) in [5, 5.41) is 3.16. The van der Waals surface area contributed by atoms with Gasteiger partial charge in [-0.05, 0) is 30.5 Å². The summed E-state index contributed by atoms with van der Waals surface area (Å²) in [5.74, 6) is -0.884. The molecular weight excluding hydrogens is 284 g/mol. The summed E-state index contributed by atoms with van der Waals surface area (Å²) >= 11 is 0. The van der Waals surface area contributed by atoms with E-state index < -0.39 is 17.6 Å². The molecule has 1 N–H and O–H groups in total. The fourth-order valence-electron chi connectivity index (χ4n) is 2.54. The summed E-state index contributed by atoms with van der Waals surface area (Å²) in [5.41, 5.74) is 1.43. The number of rotatable bonds is 1. The van der Waals surface area contributed by atoms with Crippen LogP contribution in [0.3, 0.4) is 0 Å². The number of fused-ring (bicyclic) bond motifs is 1. The van der Waals surface area contributed by atoms with Crippen LogP contribution in [-0.2, 0) is 12.6 Å². The number of halogens is 4. The monoisotopic (exact) mass is 296 g/mol. The SMILES string of the molecule is Fc1cc(C(F)(F)F)ccc1-c1cncc2c1CCCN2. The fraction of sp³-hybridized carbons (Fsp3) is 0.267. The Balaban J connectivity index is 2.10. The van der Waals surface area contributed by atoms with Gasteiger partial charge in [-0.1, -0.05) is 6.07 Å². The predicted molar refractivity (Wildman–Crippen MR) is 71.4 cm³/mol. The number of hydrogen-bond donors (Lipinski definition) is 1. The minimum Gasteiger partial charge on any atom is -0.384 e. The maximum atomic E-state index is 14.1. The standard InChI is InChI=1S/C15H12F4N2/c16-13-6-9(15(17,18)19)3-4-10(13)12-7-20-8-14-11(12)2-1-5-21-14/h3-4,6-8,21H,1-2,5H2. The smallest absolute Gasteiger partial charge is 0.384 e. The van der Waals surface area contributed by atoms with Crippen LogP contribution in [0.2, 0.25) is 0 Å². The summed E-state index contributed by atoms with van der Waals surface area (Å²) in [7, 11) is 0. The van der Waals surface area contributed by atoms with E-state index in [0.29, 0.717) is 11.6 Å². The second-order valence-electron chi connectivity index (χ2n) is 4.94. The molecule has 2 heterocycles. The van der Waals surface area contributed by atoms with E-state index in [1.165, 1.54) is 12.3 Å². The van der Waals surface area contributed by atoms with Crippen LogP contribution in [0.25, 0.3) is 11.1 Å². The molecule has 21 heavy (non-hydrogen) atoms. The van der Waals surface area contributed by atoms with Gasteiger partial charge in [0.25, 0.3) is 0 Å².